The van der Waals surface area contributed by atoms with E-state index in [9.17, 15) is 19.7 Å². The van der Waals surface area contributed by atoms with E-state index >= 15 is 0 Å². The number of nitro groups is 1. The van der Waals surface area contributed by atoms with Gasteiger partial charge in [0, 0.05) is 30.9 Å². The number of ether oxygens (including phenoxy) is 1. The number of halogens is 2. The molecule has 1 atom stereocenters. The molecule has 2 aromatic rings. The Labute approximate surface area is 158 Å². The molecule has 0 bridgehead atoms. The van der Waals surface area contributed by atoms with Crippen LogP contribution in [0.2, 0.25) is 10.0 Å². The summed E-state index contributed by atoms with van der Waals surface area (Å²) >= 11 is 11.9. The smallest absolute Gasteiger partial charge is 0.328 e. The molecule has 0 aliphatic rings. The molecular weight excluding hydrogens is 385 g/mol. The summed E-state index contributed by atoms with van der Waals surface area (Å²) < 4.78 is 4.70. The zero-order chi connectivity index (χ0) is 19.3. The number of hydrogen-bond donors (Lipinski definition) is 1. The van der Waals surface area contributed by atoms with Crippen LogP contribution in [0.1, 0.15) is 15.9 Å². The van der Waals surface area contributed by atoms with E-state index in [0.717, 1.165) is 0 Å². The molecule has 1 heterocycles. The maximum atomic E-state index is 12.4. The Morgan fingerprint density at radius 2 is 1.81 bits per heavy atom. The van der Waals surface area contributed by atoms with Crippen molar-refractivity contribution in [1.29, 1.82) is 0 Å². The molecule has 0 radical (unpaired) electrons. The average molecular weight is 398 g/mol. The molecule has 10 heteroatoms. The lowest BCUT2D eigenvalue weighted by Crippen LogP contribution is -2.43. The molecule has 1 amide bonds. The predicted octanol–water partition coefficient (Wildman–Crippen LogP) is 2.81. The standard InChI is InChI=1S/C16H13Cl2N3O5/c1-26-16(23)13(6-9-2-4-10(5-3-9)21(24)25)20-15(22)14-11(17)7-19-8-12(14)18/h2-5,7-8,13H,6H2,1H3,(H,20,22)/t13-/m0/s1. The van der Waals surface area contributed by atoms with E-state index in [-0.39, 0.29) is 27.7 Å². The predicted molar refractivity (Wildman–Crippen MR) is 94.3 cm³/mol. The fourth-order valence-corrected chi connectivity index (χ4v) is 2.72. The van der Waals surface area contributed by atoms with Crippen molar-refractivity contribution < 1.29 is 19.2 Å². The molecule has 1 aromatic heterocycles. The molecule has 2 rings (SSSR count). The minimum Gasteiger partial charge on any atom is -0.467 e. The highest BCUT2D eigenvalue weighted by molar-refractivity contribution is 6.39. The van der Waals surface area contributed by atoms with Crippen LogP contribution in [0.4, 0.5) is 5.69 Å². The van der Waals surface area contributed by atoms with Gasteiger partial charge in [-0.05, 0) is 5.56 Å². The number of nitro benzene ring substituents is 1. The normalized spacial score (nSPS) is 11.5. The molecule has 0 aliphatic carbocycles. The Morgan fingerprint density at radius 1 is 1.23 bits per heavy atom. The number of esters is 1. The SMILES string of the molecule is COC(=O)[C@H](Cc1ccc([N+](=O)[O-])cc1)NC(=O)c1c(Cl)cncc1Cl. The molecule has 0 fully saturated rings. The number of carbonyl (C=O) groups is 2. The van der Waals surface area contributed by atoms with E-state index in [1.54, 1.807) is 0 Å². The zero-order valence-corrected chi connectivity index (χ0v) is 15.0. The van der Waals surface area contributed by atoms with Gasteiger partial charge < -0.3 is 10.1 Å². The van der Waals surface area contributed by atoms with Crippen LogP contribution >= 0.6 is 23.2 Å². The topological polar surface area (TPSA) is 111 Å². The molecule has 26 heavy (non-hydrogen) atoms. The second-order valence-corrected chi connectivity index (χ2v) is 5.97. The largest absolute Gasteiger partial charge is 0.467 e. The van der Waals surface area contributed by atoms with Gasteiger partial charge in [0.05, 0.1) is 27.6 Å². The quantitative estimate of drug-likeness (QED) is 0.455. The maximum absolute atomic E-state index is 12.4. The first-order valence-corrected chi connectivity index (χ1v) is 8.00. The van der Waals surface area contributed by atoms with Crippen LogP contribution in [0.15, 0.2) is 36.7 Å². The van der Waals surface area contributed by atoms with Crippen LogP contribution < -0.4 is 5.32 Å². The summed E-state index contributed by atoms with van der Waals surface area (Å²) in [5.41, 5.74) is 0.502. The van der Waals surface area contributed by atoms with Crippen LogP contribution in [-0.4, -0.2) is 34.9 Å². The fraction of sp³-hybridized carbons (Fsp3) is 0.188. The van der Waals surface area contributed by atoms with Crippen molar-refractivity contribution >= 4 is 40.8 Å². The zero-order valence-electron chi connectivity index (χ0n) is 13.4. The summed E-state index contributed by atoms with van der Waals surface area (Å²) in [6.07, 6.45) is 2.58. The summed E-state index contributed by atoms with van der Waals surface area (Å²) in [6, 6.07) is 4.57. The fourth-order valence-electron chi connectivity index (χ4n) is 2.18. The van der Waals surface area contributed by atoms with E-state index in [4.69, 9.17) is 27.9 Å². The number of nitrogens with zero attached hydrogens (tertiary/aromatic N) is 2. The average Bonchev–Trinajstić information content (AvgIpc) is 2.60. The van der Waals surface area contributed by atoms with Gasteiger partial charge in [0.15, 0.2) is 0 Å². The second kappa shape index (κ2) is 8.59. The Kier molecular flexibility index (Phi) is 6.48. The minimum atomic E-state index is -1.03. The van der Waals surface area contributed by atoms with Gasteiger partial charge in [-0.1, -0.05) is 35.3 Å². The highest BCUT2D eigenvalue weighted by atomic mass is 35.5. The van der Waals surface area contributed by atoms with Crippen molar-refractivity contribution in [2.75, 3.05) is 7.11 Å². The van der Waals surface area contributed by atoms with Gasteiger partial charge in [0.25, 0.3) is 11.6 Å². The number of rotatable bonds is 6. The number of aromatic nitrogens is 1. The lowest BCUT2D eigenvalue weighted by molar-refractivity contribution is -0.384. The molecule has 0 unspecified atom stereocenters. The lowest BCUT2D eigenvalue weighted by Gasteiger charge is -2.17. The van der Waals surface area contributed by atoms with Crippen molar-refractivity contribution in [1.82, 2.24) is 10.3 Å². The molecule has 1 N–H and O–H groups in total. The third kappa shape index (κ3) is 4.68. The maximum Gasteiger partial charge on any atom is 0.328 e. The Bertz CT molecular complexity index is 822. The highest BCUT2D eigenvalue weighted by Gasteiger charge is 2.25. The number of methoxy groups -OCH3 is 1. The lowest BCUT2D eigenvalue weighted by atomic mass is 10.0. The number of non-ortho nitro benzene ring substituents is 1. The first kappa shape index (κ1) is 19.6. The third-order valence-electron chi connectivity index (χ3n) is 3.46. The van der Waals surface area contributed by atoms with Crippen LogP contribution in [0.5, 0.6) is 0 Å². The van der Waals surface area contributed by atoms with Gasteiger partial charge in [0.1, 0.15) is 6.04 Å². The molecular formula is C16H13Cl2N3O5. The molecule has 136 valence electrons. The Balaban J connectivity index is 2.21. The number of carbonyl (C=O) groups excluding carboxylic acids is 2. The molecule has 8 nitrogen and oxygen atoms in total. The summed E-state index contributed by atoms with van der Waals surface area (Å²) in [5, 5.41) is 13.3. The van der Waals surface area contributed by atoms with Crippen LogP contribution in [0.25, 0.3) is 0 Å². The molecule has 0 saturated carbocycles. The number of amides is 1. The second-order valence-electron chi connectivity index (χ2n) is 5.16. The minimum absolute atomic E-state index is 0.0130. The Hall–Kier alpha value is -2.71. The van der Waals surface area contributed by atoms with Crippen LogP contribution in [0.3, 0.4) is 0 Å². The van der Waals surface area contributed by atoms with Crippen molar-refractivity contribution in [3.8, 4) is 0 Å². The van der Waals surface area contributed by atoms with Gasteiger partial charge >= 0.3 is 5.97 Å². The number of benzene rings is 1. The van der Waals surface area contributed by atoms with Crippen LogP contribution in [-0.2, 0) is 16.0 Å². The first-order valence-electron chi connectivity index (χ1n) is 7.24. The number of nitrogens with one attached hydrogen (secondary N) is 1. The van der Waals surface area contributed by atoms with E-state index < -0.39 is 22.8 Å². The van der Waals surface area contributed by atoms with Gasteiger partial charge in [-0.25, -0.2) is 4.79 Å². The number of pyridine rings is 1. The number of hydrogen-bond acceptors (Lipinski definition) is 6. The molecule has 0 spiro atoms. The van der Waals surface area contributed by atoms with Crippen molar-refractivity contribution in [3.63, 3.8) is 0 Å². The Morgan fingerprint density at radius 3 is 2.31 bits per heavy atom. The monoisotopic (exact) mass is 397 g/mol. The molecule has 0 saturated heterocycles. The first-order chi connectivity index (χ1) is 12.3. The summed E-state index contributed by atoms with van der Waals surface area (Å²) in [5.74, 6) is -1.35. The molecule has 1 aromatic carbocycles. The summed E-state index contributed by atoms with van der Waals surface area (Å²) in [4.78, 5) is 38.4. The van der Waals surface area contributed by atoms with E-state index in [1.807, 2.05) is 0 Å². The third-order valence-corrected chi connectivity index (χ3v) is 4.03. The molecule has 0 aliphatic heterocycles. The van der Waals surface area contributed by atoms with E-state index in [1.165, 1.54) is 43.8 Å². The van der Waals surface area contributed by atoms with Gasteiger partial charge in [-0.3, -0.25) is 19.9 Å². The van der Waals surface area contributed by atoms with E-state index in [2.05, 4.69) is 10.3 Å². The highest BCUT2D eigenvalue weighted by Crippen LogP contribution is 2.23. The van der Waals surface area contributed by atoms with Gasteiger partial charge in [0.2, 0.25) is 0 Å². The van der Waals surface area contributed by atoms with Crippen molar-refractivity contribution in [3.05, 3.63) is 67.9 Å². The van der Waals surface area contributed by atoms with Gasteiger partial charge in [-0.2, -0.15) is 0 Å². The summed E-state index contributed by atoms with van der Waals surface area (Å²) in [6.45, 7) is 0. The van der Waals surface area contributed by atoms with Crippen LogP contribution in [0, 0.1) is 10.1 Å². The van der Waals surface area contributed by atoms with Crippen molar-refractivity contribution in [2.24, 2.45) is 0 Å². The van der Waals surface area contributed by atoms with Gasteiger partial charge in [-0.15, -0.1) is 0 Å². The summed E-state index contributed by atoms with van der Waals surface area (Å²) in [7, 11) is 1.18. The van der Waals surface area contributed by atoms with Crippen molar-refractivity contribution in [2.45, 2.75) is 12.5 Å². The van der Waals surface area contributed by atoms with E-state index in [0.29, 0.717) is 5.56 Å².